The van der Waals surface area contributed by atoms with Crippen molar-refractivity contribution >= 4 is 17.5 Å². The summed E-state index contributed by atoms with van der Waals surface area (Å²) in [5.41, 5.74) is 6.96. The Kier molecular flexibility index (Phi) is 9.64. The zero-order valence-electron chi connectivity index (χ0n) is 20.7. The minimum Gasteiger partial charge on any atom is -0.493 e. The second kappa shape index (κ2) is 12.4. The Morgan fingerprint density at radius 2 is 1.88 bits per heavy atom. The molecule has 1 fully saturated rings. The van der Waals surface area contributed by atoms with Crippen molar-refractivity contribution in [3.63, 3.8) is 0 Å². The Morgan fingerprint density at radius 3 is 2.64 bits per heavy atom. The Labute approximate surface area is 204 Å². The van der Waals surface area contributed by atoms with Gasteiger partial charge in [-0.25, -0.2) is 0 Å². The number of nitrogens with zero attached hydrogens (tertiary/aromatic N) is 1. The van der Waals surface area contributed by atoms with Gasteiger partial charge in [-0.05, 0) is 106 Å². The topological polar surface area (TPSA) is 41.6 Å². The number of aryl methyl sites for hydroxylation is 2. The van der Waals surface area contributed by atoms with Crippen LogP contribution >= 0.6 is 11.6 Å². The number of piperidine rings is 1. The quantitative estimate of drug-likeness (QED) is 0.337. The lowest BCUT2D eigenvalue weighted by Crippen LogP contribution is -2.46. The number of hydrogen-bond donors (Lipinski definition) is 1. The van der Waals surface area contributed by atoms with Gasteiger partial charge in [0.25, 0.3) is 5.91 Å². The van der Waals surface area contributed by atoms with Gasteiger partial charge in [0.2, 0.25) is 0 Å². The van der Waals surface area contributed by atoms with E-state index in [9.17, 15) is 4.79 Å². The Bertz CT molecular complexity index is 944. The van der Waals surface area contributed by atoms with Crippen molar-refractivity contribution < 1.29 is 9.53 Å². The molecule has 0 radical (unpaired) electrons. The summed E-state index contributed by atoms with van der Waals surface area (Å²) < 4.78 is 5.99. The number of likely N-dealkylation sites (tertiary alicyclic amines) is 1. The maximum atomic E-state index is 12.7. The number of unbranched alkanes of at least 4 members (excludes halogenated alkanes) is 1. The largest absolute Gasteiger partial charge is 0.493 e. The van der Waals surface area contributed by atoms with E-state index < -0.39 is 0 Å². The van der Waals surface area contributed by atoms with Gasteiger partial charge in [0.1, 0.15) is 5.75 Å². The number of hydrogen-bond acceptors (Lipinski definition) is 3. The molecule has 2 aromatic carbocycles. The predicted octanol–water partition coefficient (Wildman–Crippen LogP) is 6.10. The van der Waals surface area contributed by atoms with Crippen LogP contribution in [0.1, 0.15) is 70.3 Å². The average Bonchev–Trinajstić information content (AvgIpc) is 2.82. The van der Waals surface area contributed by atoms with E-state index in [0.29, 0.717) is 25.1 Å². The van der Waals surface area contributed by atoms with Crippen LogP contribution in [0.4, 0.5) is 0 Å². The van der Waals surface area contributed by atoms with Crippen LogP contribution in [0.2, 0.25) is 0 Å². The summed E-state index contributed by atoms with van der Waals surface area (Å²) in [7, 11) is 0. The van der Waals surface area contributed by atoms with Crippen molar-refractivity contribution in [3.8, 4) is 5.75 Å². The summed E-state index contributed by atoms with van der Waals surface area (Å²) >= 11 is 5.76. The minimum absolute atomic E-state index is 0.0197. The van der Waals surface area contributed by atoms with Gasteiger partial charge in [-0.3, -0.25) is 9.69 Å². The van der Waals surface area contributed by atoms with Crippen LogP contribution in [0.3, 0.4) is 0 Å². The van der Waals surface area contributed by atoms with E-state index in [1.165, 1.54) is 35.1 Å². The molecule has 5 heteroatoms. The molecule has 180 valence electrons. The van der Waals surface area contributed by atoms with Gasteiger partial charge in [0.05, 0.1) is 6.61 Å². The molecule has 33 heavy (non-hydrogen) atoms. The first-order chi connectivity index (χ1) is 15.9. The van der Waals surface area contributed by atoms with Crippen molar-refractivity contribution in [2.24, 2.45) is 0 Å². The maximum absolute atomic E-state index is 12.7. The molecule has 0 bridgehead atoms. The summed E-state index contributed by atoms with van der Waals surface area (Å²) in [6.07, 6.45) is 5.50. The Hall–Kier alpha value is -2.04. The lowest BCUT2D eigenvalue weighted by molar-refractivity contribution is 0.0907. The fourth-order valence-corrected chi connectivity index (χ4v) is 4.66. The van der Waals surface area contributed by atoms with Gasteiger partial charge < -0.3 is 10.1 Å². The molecule has 2 aromatic rings. The fraction of sp³-hybridized carbons (Fsp3) is 0.536. The number of rotatable bonds is 10. The third kappa shape index (κ3) is 6.97. The molecule has 1 N–H and O–H groups in total. The van der Waals surface area contributed by atoms with Crippen LogP contribution in [0.15, 0.2) is 30.3 Å². The molecular formula is C28H39ClN2O2. The van der Waals surface area contributed by atoms with Crippen LogP contribution in [0.25, 0.3) is 0 Å². The second-order valence-electron chi connectivity index (χ2n) is 9.35. The lowest BCUT2D eigenvalue weighted by Gasteiger charge is -2.36. The number of nitrogens with one attached hydrogen (secondary N) is 1. The second-order valence-corrected chi connectivity index (χ2v) is 9.72. The highest BCUT2D eigenvalue weighted by Gasteiger charge is 2.24. The van der Waals surface area contributed by atoms with Gasteiger partial charge in [0, 0.05) is 30.6 Å². The van der Waals surface area contributed by atoms with E-state index in [1.807, 2.05) is 18.2 Å². The fourth-order valence-electron chi connectivity index (χ4n) is 4.47. The average molecular weight is 471 g/mol. The molecule has 4 nitrogen and oxygen atoms in total. The molecule has 3 rings (SSSR count). The van der Waals surface area contributed by atoms with E-state index in [-0.39, 0.29) is 5.91 Å². The van der Waals surface area contributed by atoms with Crippen molar-refractivity contribution in [1.82, 2.24) is 10.2 Å². The molecule has 1 saturated heterocycles. The summed E-state index contributed by atoms with van der Waals surface area (Å²) in [5, 5.41) is 3.19. The first-order valence-corrected chi connectivity index (χ1v) is 12.8. The van der Waals surface area contributed by atoms with E-state index in [1.54, 1.807) is 0 Å². The van der Waals surface area contributed by atoms with Crippen LogP contribution in [-0.2, 0) is 6.54 Å². The van der Waals surface area contributed by atoms with E-state index >= 15 is 0 Å². The number of carbonyl (C=O) groups excluding carboxylic acids is 1. The predicted molar refractivity (Wildman–Crippen MR) is 138 cm³/mol. The summed E-state index contributed by atoms with van der Waals surface area (Å²) in [4.78, 5) is 15.3. The van der Waals surface area contributed by atoms with Crippen molar-refractivity contribution in [2.45, 2.75) is 72.4 Å². The smallest absolute Gasteiger partial charge is 0.251 e. The SMILES string of the molecule is Cc1ccc(C(=O)NCC2CCCCN2Cc2ccc(OCCCCCl)c(C)c2C)cc1C. The zero-order chi connectivity index (χ0) is 23.8. The highest BCUT2D eigenvalue weighted by molar-refractivity contribution is 6.17. The molecule has 1 unspecified atom stereocenters. The summed E-state index contributed by atoms with van der Waals surface area (Å²) in [6.45, 7) is 11.8. The number of alkyl halides is 1. The summed E-state index contributed by atoms with van der Waals surface area (Å²) in [5.74, 6) is 1.68. The van der Waals surface area contributed by atoms with E-state index in [0.717, 1.165) is 49.2 Å². The Morgan fingerprint density at radius 1 is 1.06 bits per heavy atom. The van der Waals surface area contributed by atoms with Crippen LogP contribution in [-0.4, -0.2) is 42.4 Å². The monoisotopic (exact) mass is 470 g/mol. The molecule has 0 aliphatic carbocycles. The van der Waals surface area contributed by atoms with Gasteiger partial charge in [-0.2, -0.15) is 0 Å². The molecule has 1 aliphatic rings. The number of carbonyl (C=O) groups is 1. The summed E-state index contributed by atoms with van der Waals surface area (Å²) in [6, 6.07) is 10.6. The maximum Gasteiger partial charge on any atom is 0.251 e. The van der Waals surface area contributed by atoms with Crippen molar-refractivity contribution in [3.05, 3.63) is 63.7 Å². The lowest BCUT2D eigenvalue weighted by atomic mass is 9.97. The minimum atomic E-state index is 0.0197. The van der Waals surface area contributed by atoms with Gasteiger partial charge in [-0.15, -0.1) is 11.6 Å². The molecular weight excluding hydrogens is 432 g/mol. The highest BCUT2D eigenvalue weighted by atomic mass is 35.5. The van der Waals surface area contributed by atoms with E-state index in [4.69, 9.17) is 16.3 Å². The molecule has 0 aromatic heterocycles. The third-order valence-corrected chi connectivity index (χ3v) is 7.29. The molecule has 1 atom stereocenters. The van der Waals surface area contributed by atoms with Gasteiger partial charge in [-0.1, -0.05) is 18.6 Å². The molecule has 1 amide bonds. The first-order valence-electron chi connectivity index (χ1n) is 12.3. The van der Waals surface area contributed by atoms with Gasteiger partial charge >= 0.3 is 0 Å². The molecule has 1 aliphatic heterocycles. The zero-order valence-corrected chi connectivity index (χ0v) is 21.4. The van der Waals surface area contributed by atoms with Crippen molar-refractivity contribution in [2.75, 3.05) is 25.6 Å². The van der Waals surface area contributed by atoms with Crippen molar-refractivity contribution in [1.29, 1.82) is 0 Å². The highest BCUT2D eigenvalue weighted by Crippen LogP contribution is 2.27. The first kappa shape index (κ1) is 25.6. The van der Waals surface area contributed by atoms with Crippen LogP contribution in [0.5, 0.6) is 5.75 Å². The van der Waals surface area contributed by atoms with Crippen LogP contribution in [0, 0.1) is 27.7 Å². The number of amides is 1. The number of halogens is 1. The Balaban J connectivity index is 1.61. The molecule has 1 heterocycles. The van der Waals surface area contributed by atoms with E-state index in [2.05, 4.69) is 50.0 Å². The normalized spacial score (nSPS) is 16.6. The number of benzene rings is 2. The standard InChI is InChI=1S/C28H39ClN2O2/c1-20-10-11-24(17-21(20)2)28(32)30-18-26-9-5-7-15-31(26)19-25-12-13-27(23(4)22(25)3)33-16-8-6-14-29/h10-13,17,26H,5-9,14-16,18-19H2,1-4H3,(H,30,32). The van der Waals surface area contributed by atoms with Gasteiger partial charge in [0.15, 0.2) is 0 Å². The van der Waals surface area contributed by atoms with Crippen LogP contribution < -0.4 is 10.1 Å². The molecule has 0 saturated carbocycles. The third-order valence-electron chi connectivity index (χ3n) is 7.03. The number of ether oxygens (including phenoxy) is 1. The molecule has 0 spiro atoms.